The smallest absolute Gasteiger partial charge is 0.191 e. The molecule has 0 saturated heterocycles. The number of nitrogens with zero attached hydrogens (tertiary/aromatic N) is 2. The van der Waals surface area contributed by atoms with E-state index in [9.17, 15) is 0 Å². The van der Waals surface area contributed by atoms with Gasteiger partial charge in [0, 0.05) is 26.2 Å². The van der Waals surface area contributed by atoms with Crippen molar-refractivity contribution in [3.8, 4) is 0 Å². The molecule has 0 aromatic heterocycles. The van der Waals surface area contributed by atoms with Crippen LogP contribution in [0.4, 0.5) is 0 Å². The van der Waals surface area contributed by atoms with Crippen LogP contribution in [0.15, 0.2) is 4.99 Å². The van der Waals surface area contributed by atoms with E-state index >= 15 is 0 Å². The van der Waals surface area contributed by atoms with E-state index in [0.717, 1.165) is 38.7 Å². The summed E-state index contributed by atoms with van der Waals surface area (Å²) in [6, 6.07) is 0. The van der Waals surface area contributed by atoms with Gasteiger partial charge in [-0.1, -0.05) is 20.8 Å². The van der Waals surface area contributed by atoms with Gasteiger partial charge in [-0.25, -0.2) is 0 Å². The average molecular weight is 356 g/mol. The summed E-state index contributed by atoms with van der Waals surface area (Å²) < 4.78 is 0. The molecular formula is C12H29IN4. The van der Waals surface area contributed by atoms with Crippen LogP contribution in [0.5, 0.6) is 0 Å². The van der Waals surface area contributed by atoms with Crippen LogP contribution in [-0.2, 0) is 0 Å². The van der Waals surface area contributed by atoms with Crippen LogP contribution in [0.1, 0.15) is 27.7 Å². The molecule has 5 heteroatoms. The van der Waals surface area contributed by atoms with Gasteiger partial charge in [0.2, 0.25) is 0 Å². The molecule has 0 radical (unpaired) electrons. The van der Waals surface area contributed by atoms with Gasteiger partial charge in [0.05, 0.1) is 0 Å². The Labute approximate surface area is 124 Å². The van der Waals surface area contributed by atoms with E-state index in [0.29, 0.717) is 5.92 Å². The topological polar surface area (TPSA) is 39.7 Å². The highest BCUT2D eigenvalue weighted by Gasteiger charge is 1.99. The number of hydrogen-bond donors (Lipinski definition) is 2. The van der Waals surface area contributed by atoms with Crippen molar-refractivity contribution in [1.29, 1.82) is 0 Å². The highest BCUT2D eigenvalue weighted by atomic mass is 127. The predicted molar refractivity (Wildman–Crippen MR) is 87.4 cm³/mol. The van der Waals surface area contributed by atoms with Crippen molar-refractivity contribution < 1.29 is 0 Å². The van der Waals surface area contributed by atoms with E-state index in [1.165, 1.54) is 0 Å². The molecule has 0 bridgehead atoms. The van der Waals surface area contributed by atoms with E-state index in [4.69, 9.17) is 0 Å². The molecule has 0 unspecified atom stereocenters. The van der Waals surface area contributed by atoms with Gasteiger partial charge in [0.1, 0.15) is 0 Å². The Morgan fingerprint density at radius 1 is 1.24 bits per heavy atom. The fourth-order valence-corrected chi connectivity index (χ4v) is 1.14. The zero-order valence-electron chi connectivity index (χ0n) is 11.9. The molecule has 0 amide bonds. The second kappa shape index (κ2) is 12.4. The zero-order valence-corrected chi connectivity index (χ0v) is 14.2. The van der Waals surface area contributed by atoms with Crippen molar-refractivity contribution in [2.45, 2.75) is 27.7 Å². The second-order valence-corrected chi connectivity index (χ2v) is 4.44. The highest BCUT2D eigenvalue weighted by Crippen LogP contribution is 1.91. The molecule has 0 rings (SSSR count). The molecule has 0 aliphatic rings. The Morgan fingerprint density at radius 2 is 1.88 bits per heavy atom. The van der Waals surface area contributed by atoms with Crippen LogP contribution in [0, 0.1) is 5.92 Å². The summed E-state index contributed by atoms with van der Waals surface area (Å²) in [5, 5.41) is 6.59. The lowest BCUT2D eigenvalue weighted by Gasteiger charge is -2.16. The van der Waals surface area contributed by atoms with Gasteiger partial charge in [-0.05, 0) is 26.4 Å². The average Bonchev–Trinajstić information content (AvgIpc) is 2.25. The minimum Gasteiger partial charge on any atom is -0.357 e. The van der Waals surface area contributed by atoms with Gasteiger partial charge >= 0.3 is 0 Å². The first-order chi connectivity index (χ1) is 7.60. The summed E-state index contributed by atoms with van der Waals surface area (Å²) in [7, 11) is 2.12. The zero-order chi connectivity index (χ0) is 12.4. The molecule has 0 aromatic rings. The van der Waals surface area contributed by atoms with Crippen molar-refractivity contribution in [2.75, 3.05) is 39.8 Å². The maximum atomic E-state index is 4.51. The number of nitrogens with one attached hydrogen (secondary N) is 2. The third-order valence-electron chi connectivity index (χ3n) is 2.28. The van der Waals surface area contributed by atoms with Crippen LogP contribution in [-0.4, -0.2) is 50.6 Å². The van der Waals surface area contributed by atoms with Crippen LogP contribution in [0.25, 0.3) is 0 Å². The number of guanidine groups is 1. The van der Waals surface area contributed by atoms with E-state index in [1.54, 1.807) is 0 Å². The van der Waals surface area contributed by atoms with Crippen LogP contribution < -0.4 is 10.6 Å². The van der Waals surface area contributed by atoms with Gasteiger partial charge in [-0.3, -0.25) is 4.99 Å². The predicted octanol–water partition coefficient (Wildman–Crippen LogP) is 1.77. The molecule has 0 fully saturated rings. The molecule has 0 spiro atoms. The van der Waals surface area contributed by atoms with Gasteiger partial charge in [0.25, 0.3) is 0 Å². The number of likely N-dealkylation sites (N-methyl/N-ethyl adjacent to an activating group) is 1. The van der Waals surface area contributed by atoms with Crippen molar-refractivity contribution >= 4 is 29.9 Å². The minimum absolute atomic E-state index is 0. The second-order valence-electron chi connectivity index (χ2n) is 4.44. The molecule has 104 valence electrons. The van der Waals surface area contributed by atoms with Gasteiger partial charge in [0.15, 0.2) is 5.96 Å². The normalized spacial score (nSPS) is 11.6. The Hall–Kier alpha value is -0.0400. The molecular weight excluding hydrogens is 327 g/mol. The van der Waals surface area contributed by atoms with E-state index in [1.807, 2.05) is 0 Å². The fraction of sp³-hybridized carbons (Fsp3) is 0.917. The minimum atomic E-state index is 0. The maximum absolute atomic E-state index is 4.51. The third kappa shape index (κ3) is 12.2. The quantitative estimate of drug-likeness (QED) is 0.415. The van der Waals surface area contributed by atoms with Gasteiger partial charge in [-0.2, -0.15) is 0 Å². The molecule has 0 aromatic carbocycles. The summed E-state index contributed by atoms with van der Waals surface area (Å²) in [5.74, 6) is 1.54. The van der Waals surface area contributed by atoms with E-state index < -0.39 is 0 Å². The Balaban J connectivity index is 0. The van der Waals surface area contributed by atoms with Crippen molar-refractivity contribution in [3.63, 3.8) is 0 Å². The fourth-order valence-electron chi connectivity index (χ4n) is 1.14. The lowest BCUT2D eigenvalue weighted by atomic mass is 10.2. The largest absolute Gasteiger partial charge is 0.357 e. The first-order valence-electron chi connectivity index (χ1n) is 6.30. The van der Waals surface area contributed by atoms with Crippen molar-refractivity contribution in [2.24, 2.45) is 10.9 Å². The van der Waals surface area contributed by atoms with Crippen LogP contribution >= 0.6 is 24.0 Å². The van der Waals surface area contributed by atoms with Crippen LogP contribution in [0.3, 0.4) is 0 Å². The standard InChI is InChI=1S/C12H28N4.HI/c1-6-13-12(15-10-11(3)4)14-8-9-16(5)7-2;/h11H,6-10H2,1-5H3,(H2,13,14,15);1H. The monoisotopic (exact) mass is 356 g/mol. The van der Waals surface area contributed by atoms with Crippen molar-refractivity contribution in [1.82, 2.24) is 15.5 Å². The molecule has 0 saturated carbocycles. The number of rotatable bonds is 7. The third-order valence-corrected chi connectivity index (χ3v) is 2.28. The summed E-state index contributed by atoms with van der Waals surface area (Å²) in [5.41, 5.74) is 0. The summed E-state index contributed by atoms with van der Waals surface area (Å²) in [4.78, 5) is 6.79. The molecule has 0 aliphatic heterocycles. The van der Waals surface area contributed by atoms with E-state index in [-0.39, 0.29) is 24.0 Å². The molecule has 17 heavy (non-hydrogen) atoms. The Bertz CT molecular complexity index is 195. The van der Waals surface area contributed by atoms with Gasteiger partial charge < -0.3 is 15.5 Å². The Morgan fingerprint density at radius 3 is 2.35 bits per heavy atom. The Kier molecular flexibility index (Phi) is 14.1. The number of halogens is 1. The molecule has 0 heterocycles. The lowest BCUT2D eigenvalue weighted by molar-refractivity contribution is 0.357. The number of hydrogen-bond acceptors (Lipinski definition) is 2. The summed E-state index contributed by atoms with van der Waals surface area (Å²) in [6.07, 6.45) is 0. The summed E-state index contributed by atoms with van der Waals surface area (Å²) in [6.45, 7) is 13.5. The SMILES string of the molecule is CCNC(=NCC(C)C)NCCN(C)CC.I. The first-order valence-corrected chi connectivity index (χ1v) is 6.30. The molecule has 2 N–H and O–H groups in total. The van der Waals surface area contributed by atoms with Crippen molar-refractivity contribution in [3.05, 3.63) is 0 Å². The van der Waals surface area contributed by atoms with Gasteiger partial charge in [-0.15, -0.1) is 24.0 Å². The first kappa shape index (κ1) is 19.3. The summed E-state index contributed by atoms with van der Waals surface area (Å²) >= 11 is 0. The molecule has 0 aliphatic carbocycles. The lowest BCUT2D eigenvalue weighted by Crippen LogP contribution is -2.41. The molecule has 0 atom stereocenters. The molecule has 4 nitrogen and oxygen atoms in total. The number of aliphatic imine (C=N–C) groups is 1. The maximum Gasteiger partial charge on any atom is 0.191 e. The highest BCUT2D eigenvalue weighted by molar-refractivity contribution is 14.0. The van der Waals surface area contributed by atoms with Crippen LogP contribution in [0.2, 0.25) is 0 Å². The van der Waals surface area contributed by atoms with E-state index in [2.05, 4.69) is 55.3 Å².